The van der Waals surface area contributed by atoms with Crippen LogP contribution in [0.2, 0.25) is 0 Å². The van der Waals surface area contributed by atoms with E-state index in [1.165, 1.54) is 0 Å². The number of amides is 1. The molecule has 13 heavy (non-hydrogen) atoms. The maximum Gasteiger partial charge on any atom is 0.451 e. The van der Waals surface area contributed by atoms with E-state index in [-0.39, 0.29) is 6.04 Å². The number of nitrogens with one attached hydrogen (secondary N) is 1. The fraction of sp³-hybridized carbons (Fsp3) is 0.300. The fourth-order valence-corrected chi connectivity index (χ4v) is 1.33. The van der Waals surface area contributed by atoms with Gasteiger partial charge in [-0.15, -0.1) is 0 Å². The molecule has 1 atom stereocenters. The van der Waals surface area contributed by atoms with E-state index in [0.717, 1.165) is 11.1 Å². The second kappa shape index (κ2) is 3.94. The van der Waals surface area contributed by atoms with Gasteiger partial charge in [-0.3, -0.25) is 0 Å². The third-order valence-electron chi connectivity index (χ3n) is 1.99. The van der Waals surface area contributed by atoms with Gasteiger partial charge in [-0.2, -0.15) is 0 Å². The Morgan fingerprint density at radius 2 is 2.00 bits per heavy atom. The molecule has 1 aromatic rings. The Morgan fingerprint density at radius 1 is 1.38 bits per heavy atom. The molecule has 1 radical (unpaired) electrons. The lowest BCUT2D eigenvalue weighted by atomic mass is 10.0. The number of carbonyl (C=O) groups is 1. The van der Waals surface area contributed by atoms with E-state index in [1.807, 2.05) is 31.2 Å². The number of hydrogen-bond acceptors (Lipinski definition) is 1. The highest BCUT2D eigenvalue weighted by Gasteiger charge is 2.10. The number of aryl methyl sites for hydroxylation is 1. The van der Waals surface area contributed by atoms with Gasteiger partial charge in [0.1, 0.15) is 0 Å². The second-order valence-corrected chi connectivity index (χ2v) is 3.01. The molecular formula is C10H12NO2. The molecule has 1 aromatic carbocycles. The van der Waals surface area contributed by atoms with Gasteiger partial charge >= 0.3 is 6.09 Å². The molecule has 0 saturated heterocycles. The predicted molar refractivity (Wildman–Crippen MR) is 48.8 cm³/mol. The Labute approximate surface area is 77.4 Å². The average molecular weight is 178 g/mol. The van der Waals surface area contributed by atoms with Crippen LogP contribution in [0.25, 0.3) is 0 Å². The van der Waals surface area contributed by atoms with Crippen molar-refractivity contribution < 1.29 is 9.90 Å². The van der Waals surface area contributed by atoms with Crippen molar-refractivity contribution in [1.29, 1.82) is 0 Å². The van der Waals surface area contributed by atoms with Crippen LogP contribution in [0.4, 0.5) is 4.79 Å². The van der Waals surface area contributed by atoms with Gasteiger partial charge in [0.2, 0.25) is 0 Å². The summed E-state index contributed by atoms with van der Waals surface area (Å²) < 4.78 is 0. The van der Waals surface area contributed by atoms with Crippen LogP contribution in [0.5, 0.6) is 0 Å². The Balaban J connectivity index is 2.82. The summed E-state index contributed by atoms with van der Waals surface area (Å²) in [5.74, 6) is 0. The van der Waals surface area contributed by atoms with Crippen LogP contribution >= 0.6 is 0 Å². The lowest BCUT2D eigenvalue weighted by molar-refractivity contribution is 0.165. The predicted octanol–water partition coefficient (Wildman–Crippen LogP) is 2.20. The summed E-state index contributed by atoms with van der Waals surface area (Å²) in [6, 6.07) is 7.44. The Morgan fingerprint density at radius 3 is 2.54 bits per heavy atom. The molecular weight excluding hydrogens is 166 g/mol. The van der Waals surface area contributed by atoms with E-state index < -0.39 is 6.09 Å². The van der Waals surface area contributed by atoms with E-state index in [2.05, 4.69) is 5.32 Å². The highest BCUT2D eigenvalue weighted by atomic mass is 16.4. The van der Waals surface area contributed by atoms with E-state index in [1.54, 1.807) is 6.92 Å². The van der Waals surface area contributed by atoms with Crippen molar-refractivity contribution >= 4 is 6.09 Å². The van der Waals surface area contributed by atoms with Crippen molar-refractivity contribution in [1.82, 2.24) is 5.32 Å². The number of carbonyl (C=O) groups excluding carboxylic acids is 1. The molecule has 0 bridgehead atoms. The van der Waals surface area contributed by atoms with Gasteiger partial charge in [-0.25, -0.2) is 9.90 Å². The van der Waals surface area contributed by atoms with Gasteiger partial charge in [0.05, 0.1) is 6.04 Å². The van der Waals surface area contributed by atoms with Crippen LogP contribution in [0.15, 0.2) is 24.3 Å². The molecule has 0 heterocycles. The first-order valence-corrected chi connectivity index (χ1v) is 4.14. The Hall–Kier alpha value is -1.51. The SMILES string of the molecule is Cc1ccccc1C(C)NC([O])=O. The molecule has 0 fully saturated rings. The second-order valence-electron chi connectivity index (χ2n) is 3.01. The molecule has 1 unspecified atom stereocenters. The van der Waals surface area contributed by atoms with E-state index >= 15 is 0 Å². The van der Waals surface area contributed by atoms with Crippen LogP contribution in [-0.2, 0) is 5.11 Å². The largest absolute Gasteiger partial charge is 0.451 e. The van der Waals surface area contributed by atoms with E-state index in [9.17, 15) is 9.90 Å². The smallest absolute Gasteiger partial charge is 0.312 e. The van der Waals surface area contributed by atoms with Crippen LogP contribution in [0.1, 0.15) is 24.1 Å². The average Bonchev–Trinajstić information content (AvgIpc) is 2.03. The lowest BCUT2D eigenvalue weighted by Crippen LogP contribution is -2.23. The molecule has 3 heteroatoms. The minimum absolute atomic E-state index is 0.216. The molecule has 69 valence electrons. The Kier molecular flexibility index (Phi) is 2.90. The third-order valence-corrected chi connectivity index (χ3v) is 1.99. The summed E-state index contributed by atoms with van der Waals surface area (Å²) in [6.45, 7) is 3.74. The van der Waals surface area contributed by atoms with Crippen molar-refractivity contribution in [2.24, 2.45) is 0 Å². The van der Waals surface area contributed by atoms with Crippen molar-refractivity contribution in [3.8, 4) is 0 Å². The highest BCUT2D eigenvalue weighted by Crippen LogP contribution is 2.16. The van der Waals surface area contributed by atoms with E-state index in [4.69, 9.17) is 0 Å². The number of rotatable bonds is 2. The van der Waals surface area contributed by atoms with Crippen LogP contribution in [0.3, 0.4) is 0 Å². The molecule has 1 amide bonds. The van der Waals surface area contributed by atoms with Crippen molar-refractivity contribution in [3.63, 3.8) is 0 Å². The molecule has 1 rings (SSSR count). The minimum atomic E-state index is -1.24. The molecule has 0 aliphatic carbocycles. The molecule has 0 aliphatic rings. The fourth-order valence-electron chi connectivity index (χ4n) is 1.33. The summed E-state index contributed by atoms with van der Waals surface area (Å²) in [7, 11) is 0. The van der Waals surface area contributed by atoms with Gasteiger partial charge < -0.3 is 5.32 Å². The monoisotopic (exact) mass is 178 g/mol. The molecule has 0 aliphatic heterocycles. The maximum absolute atomic E-state index is 10.3. The summed E-state index contributed by atoms with van der Waals surface area (Å²) in [6.07, 6.45) is -1.24. The standard InChI is InChI=1S/C10H12NO2/c1-7-5-3-4-6-9(7)8(2)11-10(12)13/h3-6,8,11H,1-2H3. The van der Waals surface area contributed by atoms with Crippen molar-refractivity contribution in [3.05, 3.63) is 35.4 Å². The van der Waals surface area contributed by atoms with Gasteiger partial charge in [0, 0.05) is 0 Å². The van der Waals surface area contributed by atoms with Crippen molar-refractivity contribution in [2.75, 3.05) is 0 Å². The zero-order chi connectivity index (χ0) is 9.84. The van der Waals surface area contributed by atoms with Gasteiger partial charge in [0.15, 0.2) is 0 Å². The summed E-state index contributed by atoms with van der Waals surface area (Å²) >= 11 is 0. The highest BCUT2D eigenvalue weighted by molar-refractivity contribution is 5.64. The summed E-state index contributed by atoms with van der Waals surface area (Å²) in [4.78, 5) is 10.3. The van der Waals surface area contributed by atoms with Gasteiger partial charge in [-0.05, 0) is 25.0 Å². The number of benzene rings is 1. The third kappa shape index (κ3) is 2.47. The van der Waals surface area contributed by atoms with Crippen molar-refractivity contribution in [2.45, 2.75) is 19.9 Å². The van der Waals surface area contributed by atoms with Crippen LogP contribution < -0.4 is 5.32 Å². The normalized spacial score (nSPS) is 12.2. The van der Waals surface area contributed by atoms with Gasteiger partial charge in [-0.1, -0.05) is 24.3 Å². The lowest BCUT2D eigenvalue weighted by Gasteiger charge is -2.13. The summed E-state index contributed by atoms with van der Waals surface area (Å²) in [5.41, 5.74) is 2.05. The molecule has 0 saturated carbocycles. The molecule has 0 aromatic heterocycles. The minimum Gasteiger partial charge on any atom is -0.312 e. The van der Waals surface area contributed by atoms with Crippen LogP contribution in [0, 0.1) is 6.92 Å². The molecule has 3 nitrogen and oxygen atoms in total. The zero-order valence-electron chi connectivity index (χ0n) is 7.70. The quantitative estimate of drug-likeness (QED) is 0.741. The van der Waals surface area contributed by atoms with E-state index in [0.29, 0.717) is 0 Å². The first-order valence-electron chi connectivity index (χ1n) is 4.14. The molecule has 0 spiro atoms. The summed E-state index contributed by atoms with van der Waals surface area (Å²) in [5, 5.41) is 12.6. The first kappa shape index (κ1) is 9.58. The van der Waals surface area contributed by atoms with Crippen LogP contribution in [-0.4, -0.2) is 6.09 Å². The topological polar surface area (TPSA) is 49.0 Å². The molecule has 1 N–H and O–H groups in total. The zero-order valence-corrected chi connectivity index (χ0v) is 7.70. The number of hydrogen-bond donors (Lipinski definition) is 1. The van der Waals surface area contributed by atoms with Gasteiger partial charge in [0.25, 0.3) is 0 Å². The maximum atomic E-state index is 10.3. The Bertz CT molecular complexity index is 310. The first-order chi connectivity index (χ1) is 6.11.